The van der Waals surface area contributed by atoms with Crippen molar-refractivity contribution >= 4 is 33.9 Å². The van der Waals surface area contributed by atoms with E-state index in [1.807, 2.05) is 0 Å². The third-order valence-corrected chi connectivity index (χ3v) is 4.59. The number of carboxylic acids is 1. The van der Waals surface area contributed by atoms with Gasteiger partial charge in [-0.3, -0.25) is 4.79 Å². The predicted molar refractivity (Wildman–Crippen MR) is 97.6 cm³/mol. The molecule has 0 fully saturated rings. The molecule has 0 amide bonds. The van der Waals surface area contributed by atoms with Crippen molar-refractivity contribution in [1.29, 1.82) is 0 Å². The van der Waals surface area contributed by atoms with Crippen LogP contribution in [0.25, 0.3) is 0 Å². The van der Waals surface area contributed by atoms with Gasteiger partial charge in [0, 0.05) is 0 Å². The van der Waals surface area contributed by atoms with Crippen molar-refractivity contribution in [3.63, 3.8) is 0 Å². The molecule has 0 spiro atoms. The van der Waals surface area contributed by atoms with Gasteiger partial charge in [-0.1, -0.05) is 26.2 Å². The molecule has 0 aliphatic rings. The molecular formula is C18H38NNaO2. The van der Waals surface area contributed by atoms with Crippen molar-refractivity contribution in [3.8, 4) is 0 Å². The number of carboxylic acid groups (broad SMARTS) is 1. The largest absolute Gasteiger partial charge is 0.480 e. The van der Waals surface area contributed by atoms with Crippen LogP contribution < -0.4 is 5.73 Å². The van der Waals surface area contributed by atoms with Gasteiger partial charge < -0.3 is 10.8 Å². The molecule has 0 heterocycles. The number of carbonyl (C=O) groups is 1. The molecule has 0 unspecified atom stereocenters. The molecule has 128 valence electrons. The number of rotatable bonds is 15. The van der Waals surface area contributed by atoms with E-state index in [0.717, 1.165) is 0 Å². The minimum atomic E-state index is -0.968. The van der Waals surface area contributed by atoms with Gasteiger partial charge in [0.05, 0.1) is 6.54 Å². The number of hydrogen-bond donors (Lipinski definition) is 2. The van der Waals surface area contributed by atoms with E-state index in [1.54, 1.807) is 0 Å². The molecule has 0 atom stereocenters. The van der Waals surface area contributed by atoms with E-state index in [4.69, 9.17) is 5.11 Å². The maximum atomic E-state index is 9.24. The summed E-state index contributed by atoms with van der Waals surface area (Å²) in [6, 6.07) is 0. The first-order valence-corrected chi connectivity index (χ1v) is 11.0. The van der Waals surface area contributed by atoms with E-state index in [2.05, 4.69) is 12.7 Å². The van der Waals surface area contributed by atoms with Crippen molar-refractivity contribution in [2.45, 2.75) is 100 Å². The van der Waals surface area contributed by atoms with E-state index in [1.165, 1.54) is 121 Å². The van der Waals surface area contributed by atoms with E-state index < -0.39 is 5.97 Å². The van der Waals surface area contributed by atoms with Crippen LogP contribution in [0.15, 0.2) is 0 Å². The zero-order valence-electron chi connectivity index (χ0n) is 15.2. The minimum absolute atomic E-state index is 0.278. The van der Waals surface area contributed by atoms with Gasteiger partial charge in [-0.05, 0) is 0 Å². The fourth-order valence-electron chi connectivity index (χ4n) is 2.44. The molecule has 3 nitrogen and oxygen atoms in total. The van der Waals surface area contributed by atoms with E-state index in [0.29, 0.717) is 0 Å². The van der Waals surface area contributed by atoms with Crippen molar-refractivity contribution in [3.05, 3.63) is 0 Å². The predicted octanol–water partition coefficient (Wildman–Crippen LogP) is 5.08. The van der Waals surface area contributed by atoms with E-state index in [9.17, 15) is 4.79 Å². The molecule has 0 aromatic rings. The quantitative estimate of drug-likeness (QED) is 0.326. The molecule has 0 saturated heterocycles. The summed E-state index contributed by atoms with van der Waals surface area (Å²) in [7, 11) is 0. The Hall–Kier alpha value is 0.430. The Bertz CT molecular complexity index is 199. The van der Waals surface area contributed by atoms with Crippen LogP contribution in [0.4, 0.5) is 0 Å². The summed E-state index contributed by atoms with van der Waals surface area (Å²) < 4.78 is 1.51. The van der Waals surface area contributed by atoms with E-state index >= 15 is 0 Å². The topological polar surface area (TPSA) is 63.3 Å². The molecule has 0 rings (SSSR count). The normalized spacial score (nSPS) is 10.2. The number of aliphatic carboxylic acids is 1. The zero-order chi connectivity index (χ0) is 16.9. The van der Waals surface area contributed by atoms with E-state index in [-0.39, 0.29) is 6.54 Å². The Kier molecular flexibility index (Phi) is 26.6. The first-order valence-electron chi connectivity index (χ1n) is 9.60. The standard InChI is InChI=1S/C16H33.C2H5NO2.Na/c1-3-5-7-9-11-13-15-16-14-12-10-8-6-4-2;3-1-2(4)5;/h1,3-16H2,2H3;1,3H2,(H,4,5);. The van der Waals surface area contributed by atoms with Crippen LogP contribution >= 0.6 is 0 Å². The summed E-state index contributed by atoms with van der Waals surface area (Å²) in [6.07, 6.45) is 20.7. The van der Waals surface area contributed by atoms with Crippen LogP contribution in [0.2, 0.25) is 3.67 Å². The second kappa shape index (κ2) is 23.7. The summed E-state index contributed by atoms with van der Waals surface area (Å²) in [5, 5.41) is 7.60. The van der Waals surface area contributed by atoms with Crippen molar-refractivity contribution in [2.75, 3.05) is 6.54 Å². The maximum Gasteiger partial charge on any atom is 0.317 e. The maximum absolute atomic E-state index is 9.24. The molecular weight excluding hydrogens is 285 g/mol. The van der Waals surface area contributed by atoms with Gasteiger partial charge in [-0.2, -0.15) is 0 Å². The Morgan fingerprint density at radius 3 is 1.27 bits per heavy atom. The summed E-state index contributed by atoms with van der Waals surface area (Å²) in [4.78, 5) is 9.24. The van der Waals surface area contributed by atoms with Crippen LogP contribution in [0.3, 0.4) is 0 Å². The zero-order valence-corrected chi connectivity index (χ0v) is 17.2. The smallest absolute Gasteiger partial charge is 0.317 e. The van der Waals surface area contributed by atoms with Gasteiger partial charge in [0.1, 0.15) is 0 Å². The molecule has 0 aliphatic heterocycles. The van der Waals surface area contributed by atoms with Crippen LogP contribution in [0.1, 0.15) is 96.8 Å². The summed E-state index contributed by atoms with van der Waals surface area (Å²) in [6.45, 7) is 2.02. The second-order valence-electron chi connectivity index (χ2n) is 6.19. The minimum Gasteiger partial charge on any atom is -0.480 e. The third kappa shape index (κ3) is 28.6. The van der Waals surface area contributed by atoms with Crippen LogP contribution in [0, 0.1) is 0 Å². The second-order valence-corrected chi connectivity index (χ2v) is 7.19. The number of nitrogens with two attached hydrogens (primary N) is 1. The molecule has 22 heavy (non-hydrogen) atoms. The van der Waals surface area contributed by atoms with Gasteiger partial charge in [0.15, 0.2) is 0 Å². The average Bonchev–Trinajstić information content (AvgIpc) is 2.52. The molecule has 0 aliphatic carbocycles. The molecule has 0 radical (unpaired) electrons. The molecule has 0 aromatic carbocycles. The van der Waals surface area contributed by atoms with Crippen LogP contribution in [-0.4, -0.2) is 45.6 Å². The molecule has 4 heteroatoms. The summed E-state index contributed by atoms with van der Waals surface area (Å²) >= 11 is 1.41. The molecule has 0 aromatic heterocycles. The average molecular weight is 323 g/mol. The van der Waals surface area contributed by atoms with Crippen molar-refractivity contribution in [2.24, 2.45) is 5.73 Å². The van der Waals surface area contributed by atoms with Gasteiger partial charge in [-0.15, -0.1) is 0 Å². The third-order valence-electron chi connectivity index (χ3n) is 3.88. The van der Waals surface area contributed by atoms with Gasteiger partial charge in [-0.25, -0.2) is 0 Å². The Morgan fingerprint density at radius 2 is 1.05 bits per heavy atom. The number of hydrogen-bond acceptors (Lipinski definition) is 2. The Balaban J connectivity index is 0. The van der Waals surface area contributed by atoms with Crippen LogP contribution in [-0.2, 0) is 4.79 Å². The van der Waals surface area contributed by atoms with Gasteiger partial charge >= 0.3 is 108 Å². The number of unbranched alkanes of at least 4 members (excludes halogenated alkanes) is 13. The van der Waals surface area contributed by atoms with Crippen LogP contribution in [0.5, 0.6) is 0 Å². The Labute approximate surface area is 156 Å². The molecule has 0 saturated carbocycles. The first-order chi connectivity index (χ1) is 10.7. The first kappa shape index (κ1) is 24.7. The molecule has 3 N–H and O–H groups in total. The SMILES string of the molecule is CCCCCCCCCCCCCCC[CH2][Na].NCC(=O)O. The monoisotopic (exact) mass is 323 g/mol. The van der Waals surface area contributed by atoms with Crippen molar-refractivity contribution in [1.82, 2.24) is 0 Å². The van der Waals surface area contributed by atoms with Gasteiger partial charge in [0.25, 0.3) is 0 Å². The summed E-state index contributed by atoms with van der Waals surface area (Å²) in [5.74, 6) is -0.968. The Morgan fingerprint density at radius 1 is 0.773 bits per heavy atom. The van der Waals surface area contributed by atoms with Crippen molar-refractivity contribution < 1.29 is 9.90 Å². The molecule has 0 bridgehead atoms. The van der Waals surface area contributed by atoms with Gasteiger partial charge in [0.2, 0.25) is 0 Å². The fraction of sp³-hybridized carbons (Fsp3) is 0.944. The summed E-state index contributed by atoms with van der Waals surface area (Å²) in [5.41, 5.74) is 4.57. The fourth-order valence-corrected chi connectivity index (χ4v) is 2.94.